The van der Waals surface area contributed by atoms with Gasteiger partial charge in [-0.15, -0.1) is 10.2 Å². The molecule has 9 heteroatoms. The minimum atomic E-state index is -0.422. The summed E-state index contributed by atoms with van der Waals surface area (Å²) in [6.45, 7) is 0.234. The van der Waals surface area contributed by atoms with Crippen molar-refractivity contribution >= 4 is 29.2 Å². The molecule has 142 valence electrons. The SMILES string of the molecule is N/N=C(\C=NC1CCCC(O)C1)C(=O)NCc1nnc(-c2ccccc2)s1. The van der Waals surface area contributed by atoms with Gasteiger partial charge in [0.1, 0.15) is 10.0 Å². The van der Waals surface area contributed by atoms with Crippen molar-refractivity contribution in [2.75, 3.05) is 0 Å². The molecule has 2 unspecified atom stereocenters. The maximum absolute atomic E-state index is 12.3. The average Bonchev–Trinajstić information content (AvgIpc) is 3.17. The molecule has 2 atom stereocenters. The van der Waals surface area contributed by atoms with Crippen LogP contribution in [0.2, 0.25) is 0 Å². The lowest BCUT2D eigenvalue weighted by molar-refractivity contribution is -0.114. The number of carbonyl (C=O) groups excluding carboxylic acids is 1. The maximum Gasteiger partial charge on any atom is 0.273 e. The van der Waals surface area contributed by atoms with E-state index in [0.29, 0.717) is 11.4 Å². The van der Waals surface area contributed by atoms with E-state index in [1.165, 1.54) is 17.6 Å². The highest BCUT2D eigenvalue weighted by Crippen LogP contribution is 2.23. The van der Waals surface area contributed by atoms with Crippen LogP contribution in [0.1, 0.15) is 30.7 Å². The number of aliphatic hydroxyl groups is 1. The summed E-state index contributed by atoms with van der Waals surface area (Å²) in [6.07, 6.45) is 4.27. The summed E-state index contributed by atoms with van der Waals surface area (Å²) in [6, 6.07) is 9.73. The van der Waals surface area contributed by atoms with Gasteiger partial charge in [-0.2, -0.15) is 5.10 Å². The van der Waals surface area contributed by atoms with Crippen LogP contribution in [0.15, 0.2) is 40.4 Å². The van der Waals surface area contributed by atoms with Crippen LogP contribution in [-0.2, 0) is 11.3 Å². The van der Waals surface area contributed by atoms with Crippen molar-refractivity contribution in [3.63, 3.8) is 0 Å². The fourth-order valence-corrected chi connectivity index (χ4v) is 3.65. The topological polar surface area (TPSA) is 126 Å². The Labute approximate surface area is 161 Å². The lowest BCUT2D eigenvalue weighted by Crippen LogP contribution is -2.33. The van der Waals surface area contributed by atoms with Gasteiger partial charge < -0.3 is 16.3 Å². The minimum Gasteiger partial charge on any atom is -0.393 e. The molecule has 0 saturated heterocycles. The normalized spacial score (nSPS) is 20.7. The van der Waals surface area contributed by atoms with Crippen molar-refractivity contribution in [2.45, 2.75) is 44.4 Å². The highest BCUT2D eigenvalue weighted by Gasteiger charge is 2.19. The molecule has 1 aromatic carbocycles. The van der Waals surface area contributed by atoms with E-state index in [1.807, 2.05) is 30.3 Å². The number of hydrogen-bond donors (Lipinski definition) is 3. The zero-order chi connectivity index (χ0) is 19.1. The Bertz CT molecular complexity index is 820. The Morgan fingerprint density at radius 2 is 2.15 bits per heavy atom. The Balaban J connectivity index is 1.54. The highest BCUT2D eigenvalue weighted by atomic mass is 32.1. The number of hydrogen-bond acceptors (Lipinski definition) is 8. The number of nitrogens with zero attached hydrogens (tertiary/aromatic N) is 4. The van der Waals surface area contributed by atoms with Crippen molar-refractivity contribution in [1.29, 1.82) is 0 Å². The summed E-state index contributed by atoms with van der Waals surface area (Å²) in [5.74, 6) is 4.90. The van der Waals surface area contributed by atoms with Gasteiger partial charge in [-0.05, 0) is 25.7 Å². The number of aliphatic hydroxyl groups excluding tert-OH is 1. The molecule has 27 heavy (non-hydrogen) atoms. The molecule has 4 N–H and O–H groups in total. The number of carbonyl (C=O) groups is 1. The lowest BCUT2D eigenvalue weighted by Gasteiger charge is -2.22. The first kappa shape index (κ1) is 19.1. The number of nitrogens with one attached hydrogen (secondary N) is 1. The molecule has 0 aliphatic heterocycles. The van der Waals surface area contributed by atoms with Gasteiger partial charge in [0.2, 0.25) is 0 Å². The average molecular weight is 386 g/mol. The molecule has 1 amide bonds. The van der Waals surface area contributed by atoms with Crippen LogP contribution in [0.4, 0.5) is 0 Å². The van der Waals surface area contributed by atoms with Crippen LogP contribution >= 0.6 is 11.3 Å². The molecule has 0 spiro atoms. The van der Waals surface area contributed by atoms with E-state index in [4.69, 9.17) is 5.84 Å². The van der Waals surface area contributed by atoms with Crippen molar-refractivity contribution in [3.8, 4) is 10.6 Å². The number of aromatic nitrogens is 2. The molecule has 1 heterocycles. The number of hydrazone groups is 1. The molecular formula is C18H22N6O2S. The minimum absolute atomic E-state index is 0.00473. The molecule has 8 nitrogen and oxygen atoms in total. The van der Waals surface area contributed by atoms with Gasteiger partial charge in [0.15, 0.2) is 5.71 Å². The van der Waals surface area contributed by atoms with Crippen molar-refractivity contribution < 1.29 is 9.90 Å². The third-order valence-corrected chi connectivity index (χ3v) is 5.26. The molecule has 0 radical (unpaired) electrons. The molecule has 1 aliphatic carbocycles. The smallest absolute Gasteiger partial charge is 0.273 e. The van der Waals surface area contributed by atoms with E-state index in [9.17, 15) is 9.90 Å². The molecule has 2 aromatic rings. The van der Waals surface area contributed by atoms with E-state index in [2.05, 4.69) is 25.6 Å². The number of rotatable bonds is 6. The summed E-state index contributed by atoms with van der Waals surface area (Å²) >= 11 is 1.41. The number of aliphatic imine (C=N–C) groups is 1. The predicted octanol–water partition coefficient (Wildman–Crippen LogP) is 1.51. The Morgan fingerprint density at radius 1 is 1.33 bits per heavy atom. The maximum atomic E-state index is 12.3. The molecule has 1 aliphatic rings. The van der Waals surface area contributed by atoms with E-state index in [1.54, 1.807) is 0 Å². The number of benzene rings is 1. The molecule has 3 rings (SSSR count). The standard InChI is InChI=1S/C18H22N6O2S/c19-22-15(10-20-13-7-4-8-14(25)9-13)17(26)21-11-16-23-24-18(27-16)12-5-2-1-3-6-12/h1-3,5-6,10,13-14,25H,4,7-9,11,19H2,(H,21,26)/b20-10?,22-15+. The third kappa shape index (κ3) is 5.41. The molecule has 1 aromatic heterocycles. The van der Waals surface area contributed by atoms with Gasteiger partial charge in [0.25, 0.3) is 5.91 Å². The summed E-state index contributed by atoms with van der Waals surface area (Å²) in [5.41, 5.74) is 1.03. The monoisotopic (exact) mass is 386 g/mol. The summed E-state index contributed by atoms with van der Waals surface area (Å²) in [5, 5.41) is 25.7. The van der Waals surface area contributed by atoms with Crippen LogP contribution < -0.4 is 11.2 Å². The van der Waals surface area contributed by atoms with Gasteiger partial charge in [0.05, 0.1) is 24.9 Å². The van der Waals surface area contributed by atoms with Crippen molar-refractivity contribution in [2.24, 2.45) is 15.9 Å². The second kappa shape index (κ2) is 9.33. The van der Waals surface area contributed by atoms with Gasteiger partial charge in [-0.25, -0.2) is 0 Å². The largest absolute Gasteiger partial charge is 0.393 e. The van der Waals surface area contributed by atoms with Crippen LogP contribution in [0.3, 0.4) is 0 Å². The van der Waals surface area contributed by atoms with E-state index in [-0.39, 0.29) is 24.4 Å². The first-order valence-electron chi connectivity index (χ1n) is 8.81. The summed E-state index contributed by atoms with van der Waals surface area (Å²) in [7, 11) is 0. The first-order valence-corrected chi connectivity index (χ1v) is 9.62. The number of nitrogens with two attached hydrogens (primary N) is 1. The Morgan fingerprint density at radius 3 is 2.89 bits per heavy atom. The Hall–Kier alpha value is -2.65. The van der Waals surface area contributed by atoms with Gasteiger partial charge >= 0.3 is 0 Å². The first-order chi connectivity index (χ1) is 13.2. The van der Waals surface area contributed by atoms with Crippen molar-refractivity contribution in [3.05, 3.63) is 35.3 Å². The fourth-order valence-electron chi connectivity index (χ4n) is 2.87. The van der Waals surface area contributed by atoms with Crippen LogP contribution in [0.25, 0.3) is 10.6 Å². The highest BCUT2D eigenvalue weighted by molar-refractivity contribution is 7.14. The molecule has 0 bridgehead atoms. The summed E-state index contributed by atoms with van der Waals surface area (Å²) in [4.78, 5) is 16.6. The lowest BCUT2D eigenvalue weighted by atomic mass is 9.93. The van der Waals surface area contributed by atoms with E-state index < -0.39 is 5.91 Å². The zero-order valence-corrected chi connectivity index (χ0v) is 15.6. The van der Waals surface area contributed by atoms with Gasteiger partial charge in [-0.3, -0.25) is 9.79 Å². The third-order valence-electron chi connectivity index (χ3n) is 4.29. The van der Waals surface area contributed by atoms with Crippen LogP contribution in [-0.4, -0.2) is 45.3 Å². The second-order valence-corrected chi connectivity index (χ2v) is 7.38. The van der Waals surface area contributed by atoms with Gasteiger partial charge in [-0.1, -0.05) is 41.7 Å². The quantitative estimate of drug-likeness (QED) is 0.394. The number of amides is 1. The fraction of sp³-hybridized carbons (Fsp3) is 0.389. The van der Waals surface area contributed by atoms with Crippen LogP contribution in [0, 0.1) is 0 Å². The molecule has 1 fully saturated rings. The predicted molar refractivity (Wildman–Crippen MR) is 106 cm³/mol. The Kier molecular flexibility index (Phi) is 6.61. The summed E-state index contributed by atoms with van der Waals surface area (Å²) < 4.78 is 0. The van der Waals surface area contributed by atoms with Gasteiger partial charge in [0, 0.05) is 5.56 Å². The van der Waals surface area contributed by atoms with Crippen LogP contribution in [0.5, 0.6) is 0 Å². The van der Waals surface area contributed by atoms with E-state index >= 15 is 0 Å². The van der Waals surface area contributed by atoms with Crippen molar-refractivity contribution in [1.82, 2.24) is 15.5 Å². The van der Waals surface area contributed by atoms with E-state index in [0.717, 1.165) is 29.8 Å². The molecule has 1 saturated carbocycles. The second-order valence-electron chi connectivity index (χ2n) is 6.32. The molecular weight excluding hydrogens is 364 g/mol. The zero-order valence-electron chi connectivity index (χ0n) is 14.8.